The Morgan fingerprint density at radius 1 is 1.53 bits per heavy atom. The molecule has 0 saturated heterocycles. The Morgan fingerprint density at radius 2 is 2.26 bits per heavy atom. The highest BCUT2D eigenvalue weighted by molar-refractivity contribution is 5.96. The lowest BCUT2D eigenvalue weighted by molar-refractivity contribution is 0.0698. The van der Waals surface area contributed by atoms with Crippen LogP contribution in [0.2, 0.25) is 0 Å². The number of nitrogens with one attached hydrogen (secondary N) is 1. The minimum Gasteiger partial charge on any atom is -0.478 e. The summed E-state index contributed by atoms with van der Waals surface area (Å²) in [4.78, 5) is 15.1. The van der Waals surface area contributed by atoms with E-state index in [4.69, 9.17) is 10.8 Å². The van der Waals surface area contributed by atoms with E-state index in [-0.39, 0.29) is 11.3 Å². The number of pyridine rings is 1. The van der Waals surface area contributed by atoms with E-state index >= 15 is 0 Å². The number of carboxylic acid groups (broad SMARTS) is 1. The van der Waals surface area contributed by atoms with Crippen molar-refractivity contribution in [3.63, 3.8) is 0 Å². The fourth-order valence-electron chi connectivity index (χ4n) is 2.72. The quantitative estimate of drug-likeness (QED) is 0.777. The number of rotatable bonds is 4. The Bertz CT molecular complexity index is 462. The topological polar surface area (TPSA) is 88.2 Å². The number of nitrogens with two attached hydrogens (primary N) is 1. The molecule has 0 spiro atoms. The number of hydrogen-bond acceptors (Lipinski definition) is 4. The molecule has 0 bridgehead atoms. The number of aromatic nitrogens is 1. The maximum Gasteiger partial charge on any atom is 0.337 e. The highest BCUT2D eigenvalue weighted by Crippen LogP contribution is 2.30. The predicted molar refractivity (Wildman–Crippen MR) is 75.2 cm³/mol. The molecule has 0 amide bonds. The first kappa shape index (κ1) is 13.6. The molecule has 1 aliphatic carbocycles. The Morgan fingerprint density at radius 3 is 2.95 bits per heavy atom. The summed E-state index contributed by atoms with van der Waals surface area (Å²) in [6.45, 7) is 3.08. The number of aromatic carboxylic acids is 1. The van der Waals surface area contributed by atoms with Gasteiger partial charge in [-0.3, -0.25) is 0 Å². The van der Waals surface area contributed by atoms with Crippen molar-refractivity contribution in [2.75, 3.05) is 17.6 Å². The van der Waals surface area contributed by atoms with Crippen molar-refractivity contribution in [2.24, 2.45) is 11.8 Å². The Hall–Kier alpha value is -1.78. The molecule has 1 fully saturated rings. The summed E-state index contributed by atoms with van der Waals surface area (Å²) >= 11 is 0. The van der Waals surface area contributed by atoms with Crippen LogP contribution in [-0.2, 0) is 0 Å². The van der Waals surface area contributed by atoms with Gasteiger partial charge in [0.2, 0.25) is 0 Å². The second kappa shape index (κ2) is 5.91. The highest BCUT2D eigenvalue weighted by atomic mass is 16.4. The van der Waals surface area contributed by atoms with Crippen molar-refractivity contribution in [2.45, 2.75) is 32.6 Å². The van der Waals surface area contributed by atoms with Crippen LogP contribution in [0.3, 0.4) is 0 Å². The second-order valence-electron chi connectivity index (χ2n) is 5.33. The molecule has 104 valence electrons. The number of anilines is 2. The van der Waals surface area contributed by atoms with Gasteiger partial charge < -0.3 is 16.2 Å². The van der Waals surface area contributed by atoms with Gasteiger partial charge in [0, 0.05) is 12.7 Å². The van der Waals surface area contributed by atoms with Gasteiger partial charge in [-0.25, -0.2) is 9.78 Å². The first-order valence-electron chi connectivity index (χ1n) is 6.81. The number of nitrogen functional groups attached to an aromatic ring is 1. The normalized spacial score (nSPS) is 23.0. The van der Waals surface area contributed by atoms with E-state index in [0.717, 1.165) is 6.54 Å². The number of carboxylic acids is 1. The van der Waals surface area contributed by atoms with E-state index in [1.54, 1.807) is 0 Å². The molecule has 1 saturated carbocycles. The van der Waals surface area contributed by atoms with Crippen molar-refractivity contribution >= 4 is 17.5 Å². The smallest absolute Gasteiger partial charge is 0.337 e. The van der Waals surface area contributed by atoms with Crippen LogP contribution in [0.5, 0.6) is 0 Å². The zero-order chi connectivity index (χ0) is 13.8. The Labute approximate surface area is 113 Å². The van der Waals surface area contributed by atoms with Crippen molar-refractivity contribution in [3.8, 4) is 0 Å². The molecular weight excluding hydrogens is 242 g/mol. The molecule has 0 aliphatic heterocycles. The van der Waals surface area contributed by atoms with E-state index in [9.17, 15) is 4.79 Å². The van der Waals surface area contributed by atoms with Gasteiger partial charge in [0.05, 0.1) is 11.3 Å². The van der Waals surface area contributed by atoms with Crippen LogP contribution in [0.1, 0.15) is 43.0 Å². The maximum atomic E-state index is 11.0. The summed E-state index contributed by atoms with van der Waals surface area (Å²) in [6.07, 6.45) is 6.55. The minimum atomic E-state index is -1.02. The molecule has 19 heavy (non-hydrogen) atoms. The van der Waals surface area contributed by atoms with E-state index in [1.165, 1.54) is 37.9 Å². The number of hydrogen-bond donors (Lipinski definition) is 3. The third-order valence-corrected chi connectivity index (χ3v) is 4.04. The molecule has 1 aromatic rings. The lowest BCUT2D eigenvalue weighted by Crippen LogP contribution is -2.25. The molecule has 5 heteroatoms. The van der Waals surface area contributed by atoms with Crippen LogP contribution in [0, 0.1) is 11.8 Å². The molecule has 5 nitrogen and oxygen atoms in total. The summed E-state index contributed by atoms with van der Waals surface area (Å²) in [7, 11) is 0. The van der Waals surface area contributed by atoms with Crippen LogP contribution < -0.4 is 11.1 Å². The van der Waals surface area contributed by atoms with E-state index in [2.05, 4.69) is 17.2 Å². The molecule has 0 radical (unpaired) electrons. The van der Waals surface area contributed by atoms with Crippen molar-refractivity contribution in [1.29, 1.82) is 0 Å². The molecule has 2 atom stereocenters. The SMILES string of the molecule is CC1CCCCC1CNc1nccc(C(=O)O)c1N. The molecule has 1 heterocycles. The van der Waals surface area contributed by atoms with Gasteiger partial charge in [0.1, 0.15) is 5.82 Å². The lowest BCUT2D eigenvalue weighted by Gasteiger charge is -2.29. The zero-order valence-corrected chi connectivity index (χ0v) is 11.2. The van der Waals surface area contributed by atoms with E-state index < -0.39 is 5.97 Å². The lowest BCUT2D eigenvalue weighted by atomic mass is 9.80. The maximum absolute atomic E-state index is 11.0. The fourth-order valence-corrected chi connectivity index (χ4v) is 2.72. The summed E-state index contributed by atoms with van der Waals surface area (Å²) in [5.41, 5.74) is 6.16. The molecule has 2 unspecified atom stereocenters. The van der Waals surface area contributed by atoms with Gasteiger partial charge in [-0.2, -0.15) is 0 Å². The first-order valence-corrected chi connectivity index (χ1v) is 6.81. The summed E-state index contributed by atoms with van der Waals surface area (Å²) < 4.78 is 0. The van der Waals surface area contributed by atoms with Gasteiger partial charge in [0.25, 0.3) is 0 Å². The molecular formula is C14H21N3O2. The van der Waals surface area contributed by atoms with Gasteiger partial charge in [-0.05, 0) is 24.3 Å². The largest absolute Gasteiger partial charge is 0.478 e. The average molecular weight is 263 g/mol. The van der Waals surface area contributed by atoms with Crippen molar-refractivity contribution < 1.29 is 9.90 Å². The fraction of sp³-hybridized carbons (Fsp3) is 0.571. The van der Waals surface area contributed by atoms with Gasteiger partial charge in [-0.1, -0.05) is 26.2 Å². The van der Waals surface area contributed by atoms with E-state index in [0.29, 0.717) is 17.7 Å². The van der Waals surface area contributed by atoms with Crippen molar-refractivity contribution in [1.82, 2.24) is 4.98 Å². The van der Waals surface area contributed by atoms with Crippen LogP contribution in [0.15, 0.2) is 12.3 Å². The number of nitrogens with zero attached hydrogens (tertiary/aromatic N) is 1. The highest BCUT2D eigenvalue weighted by Gasteiger charge is 2.21. The standard InChI is InChI=1S/C14H21N3O2/c1-9-4-2-3-5-10(9)8-17-13-12(15)11(14(18)19)6-7-16-13/h6-7,9-10H,2-5,8,15H2,1H3,(H,16,17)(H,18,19). The molecule has 2 rings (SSSR count). The molecule has 4 N–H and O–H groups in total. The third kappa shape index (κ3) is 3.16. The van der Waals surface area contributed by atoms with E-state index in [1.807, 2.05) is 0 Å². The van der Waals surface area contributed by atoms with Gasteiger partial charge in [-0.15, -0.1) is 0 Å². The zero-order valence-electron chi connectivity index (χ0n) is 11.2. The summed E-state index contributed by atoms with van der Waals surface area (Å²) in [5, 5.41) is 12.2. The molecule has 0 aromatic carbocycles. The third-order valence-electron chi connectivity index (χ3n) is 4.04. The summed E-state index contributed by atoms with van der Waals surface area (Å²) in [5.74, 6) is 0.778. The first-order chi connectivity index (χ1) is 9.09. The monoisotopic (exact) mass is 263 g/mol. The van der Waals surface area contributed by atoms with Crippen LogP contribution in [-0.4, -0.2) is 22.6 Å². The van der Waals surface area contributed by atoms with Crippen LogP contribution >= 0.6 is 0 Å². The minimum absolute atomic E-state index is 0.106. The predicted octanol–water partition coefficient (Wildman–Crippen LogP) is 2.60. The Kier molecular flexibility index (Phi) is 4.24. The second-order valence-corrected chi connectivity index (χ2v) is 5.33. The average Bonchev–Trinajstić information content (AvgIpc) is 2.39. The molecule has 1 aromatic heterocycles. The van der Waals surface area contributed by atoms with Crippen LogP contribution in [0.25, 0.3) is 0 Å². The number of carbonyl (C=O) groups is 1. The van der Waals surface area contributed by atoms with Crippen LogP contribution in [0.4, 0.5) is 11.5 Å². The molecule has 1 aliphatic rings. The van der Waals surface area contributed by atoms with Crippen molar-refractivity contribution in [3.05, 3.63) is 17.8 Å². The van der Waals surface area contributed by atoms with Gasteiger partial charge in [0.15, 0.2) is 0 Å². The summed E-state index contributed by atoms with van der Waals surface area (Å²) in [6, 6.07) is 1.42. The Balaban J connectivity index is 2.03. The van der Waals surface area contributed by atoms with Gasteiger partial charge >= 0.3 is 5.97 Å².